The minimum absolute atomic E-state index is 0.580. The number of hydrogen-bond acceptors (Lipinski definition) is 3. The Labute approximate surface area is 106 Å². The Morgan fingerprint density at radius 3 is 2.61 bits per heavy atom. The van der Waals surface area contributed by atoms with Gasteiger partial charge < -0.3 is 0 Å². The van der Waals surface area contributed by atoms with Crippen LogP contribution >= 0.6 is 11.6 Å². The van der Waals surface area contributed by atoms with Crippen LogP contribution in [0, 0.1) is 5.82 Å². The van der Waals surface area contributed by atoms with Crippen molar-refractivity contribution in [2.45, 2.75) is 13.0 Å². The number of nitrogens with zero attached hydrogens (tertiary/aromatic N) is 2. The summed E-state index contributed by atoms with van der Waals surface area (Å²) in [6.07, 6.45) is 3.05. The van der Waals surface area contributed by atoms with Crippen LogP contribution in [0.25, 0.3) is 0 Å². The quantitative estimate of drug-likeness (QED) is 0.837. The standard InChI is InChI=1S/C11H9ClFN3O2/c1-6(7-2-4-14-5-3-7)16-10(17)8(13)9(12)15-11(16)18/h2-6H,1H3,(H,15,18). The molecule has 18 heavy (non-hydrogen) atoms. The lowest BCUT2D eigenvalue weighted by molar-refractivity contribution is 0.515. The van der Waals surface area contributed by atoms with Gasteiger partial charge in [0.05, 0.1) is 6.04 Å². The van der Waals surface area contributed by atoms with Crippen molar-refractivity contribution < 1.29 is 4.39 Å². The molecule has 0 aliphatic rings. The van der Waals surface area contributed by atoms with E-state index in [4.69, 9.17) is 11.6 Å². The molecule has 2 rings (SSSR count). The number of nitrogens with one attached hydrogen (secondary N) is 1. The van der Waals surface area contributed by atoms with Crippen LogP contribution in [0.2, 0.25) is 5.15 Å². The smallest absolute Gasteiger partial charge is 0.295 e. The molecule has 0 aliphatic carbocycles. The molecule has 94 valence electrons. The molecule has 7 heteroatoms. The highest BCUT2D eigenvalue weighted by atomic mass is 35.5. The van der Waals surface area contributed by atoms with Crippen LogP contribution < -0.4 is 11.2 Å². The topological polar surface area (TPSA) is 67.8 Å². The summed E-state index contributed by atoms with van der Waals surface area (Å²) in [5.41, 5.74) is -1.14. The summed E-state index contributed by atoms with van der Waals surface area (Å²) in [5, 5.41) is -0.580. The fourth-order valence-electron chi connectivity index (χ4n) is 1.64. The first-order valence-electron chi connectivity index (χ1n) is 5.12. The molecule has 2 aromatic rings. The normalized spacial score (nSPS) is 12.4. The van der Waals surface area contributed by atoms with E-state index < -0.39 is 28.3 Å². The van der Waals surface area contributed by atoms with Crippen LogP contribution in [0.5, 0.6) is 0 Å². The molecule has 0 bridgehead atoms. The lowest BCUT2D eigenvalue weighted by Crippen LogP contribution is -2.39. The van der Waals surface area contributed by atoms with Crippen molar-refractivity contribution in [3.63, 3.8) is 0 Å². The highest BCUT2D eigenvalue weighted by Gasteiger charge is 2.17. The van der Waals surface area contributed by atoms with E-state index in [0.29, 0.717) is 5.56 Å². The minimum atomic E-state index is -1.17. The molecule has 2 aromatic heterocycles. The summed E-state index contributed by atoms with van der Waals surface area (Å²) in [7, 11) is 0. The van der Waals surface area contributed by atoms with Crippen LogP contribution in [-0.2, 0) is 0 Å². The van der Waals surface area contributed by atoms with Gasteiger partial charge in [-0.05, 0) is 24.6 Å². The van der Waals surface area contributed by atoms with Gasteiger partial charge in [-0.3, -0.25) is 19.3 Å². The lowest BCUT2D eigenvalue weighted by atomic mass is 10.1. The number of halogens is 2. The van der Waals surface area contributed by atoms with E-state index in [1.165, 1.54) is 12.4 Å². The van der Waals surface area contributed by atoms with Crippen LogP contribution in [-0.4, -0.2) is 14.5 Å². The van der Waals surface area contributed by atoms with E-state index in [0.717, 1.165) is 4.57 Å². The third-order valence-electron chi connectivity index (χ3n) is 2.61. The van der Waals surface area contributed by atoms with Crippen molar-refractivity contribution in [2.24, 2.45) is 0 Å². The van der Waals surface area contributed by atoms with Gasteiger partial charge in [0.25, 0.3) is 5.56 Å². The number of hydrogen-bond donors (Lipinski definition) is 1. The largest absolute Gasteiger partial charge is 0.330 e. The fourth-order valence-corrected chi connectivity index (χ4v) is 1.81. The summed E-state index contributed by atoms with van der Waals surface area (Å²) in [5.74, 6) is -1.17. The number of aromatic nitrogens is 3. The average Bonchev–Trinajstić information content (AvgIpc) is 2.37. The first-order chi connectivity index (χ1) is 8.52. The van der Waals surface area contributed by atoms with Gasteiger partial charge in [0.1, 0.15) is 0 Å². The van der Waals surface area contributed by atoms with E-state index in [9.17, 15) is 14.0 Å². The maximum atomic E-state index is 13.4. The van der Waals surface area contributed by atoms with Gasteiger partial charge in [-0.2, -0.15) is 4.39 Å². The molecule has 0 saturated carbocycles. The van der Waals surface area contributed by atoms with Crippen molar-refractivity contribution in [3.8, 4) is 0 Å². The monoisotopic (exact) mass is 269 g/mol. The van der Waals surface area contributed by atoms with E-state index in [1.54, 1.807) is 19.1 Å². The average molecular weight is 270 g/mol. The zero-order valence-corrected chi connectivity index (χ0v) is 10.1. The van der Waals surface area contributed by atoms with E-state index in [-0.39, 0.29) is 0 Å². The van der Waals surface area contributed by atoms with Crippen LogP contribution in [0.1, 0.15) is 18.5 Å². The molecule has 1 atom stereocenters. The molecule has 5 nitrogen and oxygen atoms in total. The van der Waals surface area contributed by atoms with Crippen molar-refractivity contribution in [1.29, 1.82) is 0 Å². The molecule has 0 saturated heterocycles. The minimum Gasteiger partial charge on any atom is -0.295 e. The maximum absolute atomic E-state index is 13.4. The molecule has 0 fully saturated rings. The van der Waals surface area contributed by atoms with E-state index in [2.05, 4.69) is 9.97 Å². The second-order valence-electron chi connectivity index (χ2n) is 3.69. The molecule has 0 amide bonds. The summed E-state index contributed by atoms with van der Waals surface area (Å²) < 4.78 is 14.2. The molecular formula is C11H9ClFN3O2. The van der Waals surface area contributed by atoms with Crippen LogP contribution in [0.4, 0.5) is 4.39 Å². The molecule has 0 spiro atoms. The van der Waals surface area contributed by atoms with Gasteiger partial charge >= 0.3 is 5.69 Å². The first-order valence-corrected chi connectivity index (χ1v) is 5.50. The second-order valence-corrected chi connectivity index (χ2v) is 4.07. The molecule has 0 aromatic carbocycles. The third kappa shape index (κ3) is 2.06. The SMILES string of the molecule is CC(c1ccncc1)n1c(=O)[nH]c(Cl)c(F)c1=O. The predicted molar refractivity (Wildman–Crippen MR) is 64.3 cm³/mol. The third-order valence-corrected chi connectivity index (χ3v) is 2.87. The van der Waals surface area contributed by atoms with Gasteiger partial charge in [-0.25, -0.2) is 4.79 Å². The number of rotatable bonds is 2. The number of H-pyrrole nitrogens is 1. The highest BCUT2D eigenvalue weighted by Crippen LogP contribution is 2.13. The summed E-state index contributed by atoms with van der Waals surface area (Å²) >= 11 is 5.39. The molecule has 0 radical (unpaired) electrons. The Hall–Kier alpha value is -1.95. The van der Waals surface area contributed by atoms with Crippen LogP contribution in [0.3, 0.4) is 0 Å². The van der Waals surface area contributed by atoms with Crippen molar-refractivity contribution >= 4 is 11.6 Å². The van der Waals surface area contributed by atoms with E-state index in [1.807, 2.05) is 0 Å². The number of aromatic amines is 1. The molecule has 1 unspecified atom stereocenters. The Balaban J connectivity index is 2.63. The molecular weight excluding hydrogens is 261 g/mol. The Morgan fingerprint density at radius 2 is 2.00 bits per heavy atom. The van der Waals surface area contributed by atoms with Gasteiger partial charge in [0.15, 0.2) is 5.15 Å². The predicted octanol–water partition coefficient (Wildman–Crippen LogP) is 1.33. The summed E-state index contributed by atoms with van der Waals surface area (Å²) in [4.78, 5) is 29.3. The second kappa shape index (κ2) is 4.73. The van der Waals surface area contributed by atoms with Crippen molar-refractivity contribution in [3.05, 3.63) is 61.9 Å². The van der Waals surface area contributed by atoms with Gasteiger partial charge in [-0.15, -0.1) is 0 Å². The van der Waals surface area contributed by atoms with Gasteiger partial charge in [0, 0.05) is 12.4 Å². The fraction of sp³-hybridized carbons (Fsp3) is 0.182. The Kier molecular flexibility index (Phi) is 3.29. The van der Waals surface area contributed by atoms with Gasteiger partial charge in [-0.1, -0.05) is 11.6 Å². The van der Waals surface area contributed by atoms with Crippen molar-refractivity contribution in [2.75, 3.05) is 0 Å². The Morgan fingerprint density at radius 1 is 1.39 bits per heavy atom. The number of pyridine rings is 1. The molecule has 0 aliphatic heterocycles. The lowest BCUT2D eigenvalue weighted by Gasteiger charge is -2.14. The van der Waals surface area contributed by atoms with Crippen LogP contribution in [0.15, 0.2) is 34.1 Å². The van der Waals surface area contributed by atoms with Crippen molar-refractivity contribution in [1.82, 2.24) is 14.5 Å². The highest BCUT2D eigenvalue weighted by molar-refractivity contribution is 6.29. The maximum Gasteiger partial charge on any atom is 0.330 e. The van der Waals surface area contributed by atoms with E-state index >= 15 is 0 Å². The molecule has 2 heterocycles. The Bertz CT molecular complexity index is 681. The summed E-state index contributed by atoms with van der Waals surface area (Å²) in [6, 6.07) is 2.67. The van der Waals surface area contributed by atoms with Gasteiger partial charge in [0.2, 0.25) is 5.82 Å². The zero-order chi connectivity index (χ0) is 13.3. The zero-order valence-electron chi connectivity index (χ0n) is 9.35. The summed E-state index contributed by atoms with van der Waals surface area (Å²) in [6.45, 7) is 1.61. The first kappa shape index (κ1) is 12.5. The molecule has 1 N–H and O–H groups in total.